The maximum atomic E-state index is 6.52. The van der Waals surface area contributed by atoms with E-state index in [4.69, 9.17) is 15.2 Å². The van der Waals surface area contributed by atoms with Crippen LogP contribution in [0.5, 0.6) is 11.5 Å². The van der Waals surface area contributed by atoms with E-state index in [1.807, 2.05) is 6.07 Å². The summed E-state index contributed by atoms with van der Waals surface area (Å²) in [6, 6.07) is 6.19. The summed E-state index contributed by atoms with van der Waals surface area (Å²) in [5.74, 6) is 1.68. The van der Waals surface area contributed by atoms with Gasteiger partial charge in [-0.05, 0) is 49.8 Å². The molecule has 0 unspecified atom stereocenters. The average Bonchev–Trinajstić information content (AvgIpc) is 2.82. The Morgan fingerprint density at radius 3 is 2.42 bits per heavy atom. The summed E-state index contributed by atoms with van der Waals surface area (Å²) in [5.41, 5.74) is 7.55. The van der Waals surface area contributed by atoms with E-state index in [2.05, 4.69) is 12.1 Å². The fourth-order valence-electron chi connectivity index (χ4n) is 3.04. The smallest absolute Gasteiger partial charge is 0.161 e. The van der Waals surface area contributed by atoms with Crippen LogP contribution in [0.2, 0.25) is 0 Å². The molecule has 1 aromatic rings. The number of hydrogen-bond donors (Lipinski definition) is 1. The number of benzene rings is 1. The van der Waals surface area contributed by atoms with Gasteiger partial charge in [-0.2, -0.15) is 0 Å². The van der Waals surface area contributed by atoms with E-state index >= 15 is 0 Å². The van der Waals surface area contributed by atoms with Crippen LogP contribution >= 0.6 is 0 Å². The van der Waals surface area contributed by atoms with Crippen LogP contribution in [-0.4, -0.2) is 13.2 Å². The second-order valence-corrected chi connectivity index (χ2v) is 5.90. The second kappa shape index (κ2) is 5.04. The lowest BCUT2D eigenvalue weighted by Crippen LogP contribution is -2.33. The van der Waals surface area contributed by atoms with Crippen molar-refractivity contribution < 1.29 is 9.47 Å². The molecular weight excluding hydrogens is 238 g/mol. The van der Waals surface area contributed by atoms with Gasteiger partial charge >= 0.3 is 0 Å². The van der Waals surface area contributed by atoms with Gasteiger partial charge in [0.05, 0.1) is 13.2 Å². The molecule has 3 nitrogen and oxygen atoms in total. The summed E-state index contributed by atoms with van der Waals surface area (Å²) >= 11 is 0. The highest BCUT2D eigenvalue weighted by Gasteiger charge is 2.32. The van der Waals surface area contributed by atoms with E-state index < -0.39 is 0 Å². The molecule has 0 radical (unpaired) electrons. The van der Waals surface area contributed by atoms with Crippen molar-refractivity contribution in [3.8, 4) is 11.5 Å². The molecule has 1 aromatic carbocycles. The number of rotatable bonds is 4. The minimum absolute atomic E-state index is 0.163. The molecule has 0 atom stereocenters. The Balaban J connectivity index is 1.87. The van der Waals surface area contributed by atoms with Gasteiger partial charge in [-0.15, -0.1) is 0 Å². The van der Waals surface area contributed by atoms with E-state index in [9.17, 15) is 0 Å². The molecule has 0 spiro atoms. The van der Waals surface area contributed by atoms with Crippen molar-refractivity contribution in [3.05, 3.63) is 23.8 Å². The van der Waals surface area contributed by atoms with Crippen molar-refractivity contribution in [3.63, 3.8) is 0 Å². The second-order valence-electron chi connectivity index (χ2n) is 5.90. The molecule has 0 amide bonds. The fraction of sp³-hybridized carbons (Fsp3) is 0.625. The Labute approximate surface area is 115 Å². The van der Waals surface area contributed by atoms with Gasteiger partial charge in [0.1, 0.15) is 0 Å². The zero-order valence-corrected chi connectivity index (χ0v) is 11.7. The molecule has 0 saturated heterocycles. The van der Waals surface area contributed by atoms with Gasteiger partial charge in [0.2, 0.25) is 0 Å². The summed E-state index contributed by atoms with van der Waals surface area (Å²) in [6.07, 6.45) is 8.53. The highest BCUT2D eigenvalue weighted by molar-refractivity contribution is 5.45. The molecule has 2 N–H and O–H groups in total. The predicted molar refractivity (Wildman–Crippen MR) is 75.6 cm³/mol. The van der Waals surface area contributed by atoms with Gasteiger partial charge in [-0.1, -0.05) is 18.9 Å². The highest BCUT2D eigenvalue weighted by atomic mass is 16.5. The van der Waals surface area contributed by atoms with Crippen LogP contribution in [0.15, 0.2) is 18.2 Å². The predicted octanol–water partition coefficient (Wildman–Crippen LogP) is 3.35. The molecule has 0 bridgehead atoms. The molecule has 0 aromatic heterocycles. The zero-order chi connectivity index (χ0) is 13.3. The number of nitrogens with two attached hydrogens (primary N) is 1. The molecule has 2 aliphatic rings. The summed E-state index contributed by atoms with van der Waals surface area (Å²) in [4.78, 5) is 0. The summed E-state index contributed by atoms with van der Waals surface area (Å²) in [6.45, 7) is 0. The molecule has 2 aliphatic carbocycles. The normalized spacial score (nSPS) is 22.0. The van der Waals surface area contributed by atoms with E-state index in [0.717, 1.165) is 37.2 Å². The summed E-state index contributed by atoms with van der Waals surface area (Å²) < 4.78 is 11.4. The molecule has 3 heteroatoms. The third-order valence-electron chi connectivity index (χ3n) is 4.58. The van der Waals surface area contributed by atoms with Crippen LogP contribution in [-0.2, 0) is 5.54 Å². The minimum atomic E-state index is -0.163. The van der Waals surface area contributed by atoms with Crippen LogP contribution in [0.3, 0.4) is 0 Å². The molecule has 3 rings (SSSR count). The Morgan fingerprint density at radius 2 is 1.84 bits per heavy atom. The van der Waals surface area contributed by atoms with Crippen molar-refractivity contribution in [2.45, 2.75) is 56.6 Å². The molecule has 2 fully saturated rings. The van der Waals surface area contributed by atoms with Crippen LogP contribution in [0.1, 0.15) is 50.5 Å². The summed E-state index contributed by atoms with van der Waals surface area (Å²) in [5, 5.41) is 0. The highest BCUT2D eigenvalue weighted by Crippen LogP contribution is 2.40. The third kappa shape index (κ3) is 2.44. The lowest BCUT2D eigenvalue weighted by atomic mass is 9.89. The Morgan fingerprint density at radius 1 is 1.11 bits per heavy atom. The Kier molecular flexibility index (Phi) is 3.40. The summed E-state index contributed by atoms with van der Waals surface area (Å²) in [7, 11) is 1.69. The first-order valence-corrected chi connectivity index (χ1v) is 7.35. The Hall–Kier alpha value is -1.22. The van der Waals surface area contributed by atoms with Crippen molar-refractivity contribution in [2.24, 2.45) is 5.73 Å². The van der Waals surface area contributed by atoms with Gasteiger partial charge in [0, 0.05) is 5.54 Å². The largest absolute Gasteiger partial charge is 0.493 e. The lowest BCUT2D eigenvalue weighted by molar-refractivity contribution is 0.116. The zero-order valence-electron chi connectivity index (χ0n) is 11.7. The van der Waals surface area contributed by atoms with E-state index in [0.29, 0.717) is 6.10 Å². The topological polar surface area (TPSA) is 44.5 Å². The maximum absolute atomic E-state index is 6.52. The number of hydrogen-bond acceptors (Lipinski definition) is 3. The van der Waals surface area contributed by atoms with E-state index in [1.165, 1.54) is 24.8 Å². The van der Waals surface area contributed by atoms with Gasteiger partial charge < -0.3 is 15.2 Å². The van der Waals surface area contributed by atoms with Crippen molar-refractivity contribution >= 4 is 0 Å². The van der Waals surface area contributed by atoms with Crippen molar-refractivity contribution in [1.29, 1.82) is 0 Å². The monoisotopic (exact) mass is 261 g/mol. The third-order valence-corrected chi connectivity index (χ3v) is 4.58. The quantitative estimate of drug-likeness (QED) is 0.904. The van der Waals surface area contributed by atoms with E-state index in [1.54, 1.807) is 7.11 Å². The molecule has 19 heavy (non-hydrogen) atoms. The van der Waals surface area contributed by atoms with E-state index in [-0.39, 0.29) is 5.54 Å². The van der Waals surface area contributed by atoms with Crippen molar-refractivity contribution in [1.82, 2.24) is 0 Å². The molecule has 0 heterocycles. The number of methoxy groups -OCH3 is 1. The first-order valence-electron chi connectivity index (χ1n) is 7.35. The van der Waals surface area contributed by atoms with Crippen LogP contribution in [0.25, 0.3) is 0 Å². The lowest BCUT2D eigenvalue weighted by Gasteiger charge is -2.29. The van der Waals surface area contributed by atoms with Crippen LogP contribution in [0.4, 0.5) is 0 Å². The van der Waals surface area contributed by atoms with Gasteiger partial charge in [-0.25, -0.2) is 0 Å². The fourth-order valence-corrected chi connectivity index (χ4v) is 3.04. The van der Waals surface area contributed by atoms with Crippen LogP contribution in [0, 0.1) is 0 Å². The van der Waals surface area contributed by atoms with Gasteiger partial charge in [0.15, 0.2) is 11.5 Å². The first-order chi connectivity index (χ1) is 9.21. The van der Waals surface area contributed by atoms with Gasteiger partial charge in [-0.3, -0.25) is 0 Å². The Bertz CT molecular complexity index is 448. The minimum Gasteiger partial charge on any atom is -0.493 e. The first kappa shape index (κ1) is 12.8. The van der Waals surface area contributed by atoms with Crippen LogP contribution < -0.4 is 15.2 Å². The van der Waals surface area contributed by atoms with Gasteiger partial charge in [0.25, 0.3) is 0 Å². The SMILES string of the molecule is COc1ccc(C2(N)CCCC2)cc1OC1CCC1. The molecule has 104 valence electrons. The average molecular weight is 261 g/mol. The molecule has 2 saturated carbocycles. The maximum Gasteiger partial charge on any atom is 0.161 e. The number of ether oxygens (including phenoxy) is 2. The van der Waals surface area contributed by atoms with Crippen molar-refractivity contribution in [2.75, 3.05) is 7.11 Å². The standard InChI is InChI=1S/C16H23NO2/c1-18-14-8-7-12(16(17)9-2-3-10-16)11-15(14)19-13-5-4-6-13/h7-8,11,13H,2-6,9-10,17H2,1H3. The molecular formula is C16H23NO2. The molecule has 0 aliphatic heterocycles.